The number of rotatable bonds is 3. The monoisotopic (exact) mass is 235 g/mol. The van der Waals surface area contributed by atoms with Gasteiger partial charge in [-0.25, -0.2) is 13.4 Å². The lowest BCUT2D eigenvalue weighted by atomic mass is 10.2. The quantitative estimate of drug-likeness (QED) is 0.791. The standard InChI is InChI=1S/C10H9N3O2S/c14-16(15)7-10-12-9(6-11-13-10)8-4-2-1-3-5-8/h1-6,16H,7H2. The number of aromatic nitrogens is 3. The number of hydrogen-bond donors (Lipinski definition) is 1. The average molecular weight is 235 g/mol. The van der Waals surface area contributed by atoms with Crippen LogP contribution < -0.4 is 0 Å². The summed E-state index contributed by atoms with van der Waals surface area (Å²) in [6, 6.07) is 9.42. The predicted molar refractivity (Wildman–Crippen MR) is 59.3 cm³/mol. The van der Waals surface area contributed by atoms with Crippen LogP contribution in [0.3, 0.4) is 0 Å². The Balaban J connectivity index is 2.36. The predicted octanol–water partition coefficient (Wildman–Crippen LogP) is 0.650. The van der Waals surface area contributed by atoms with E-state index in [0.717, 1.165) is 5.56 Å². The Bertz CT molecular complexity index is 547. The zero-order valence-corrected chi connectivity index (χ0v) is 9.17. The molecule has 2 aromatic rings. The van der Waals surface area contributed by atoms with E-state index < -0.39 is 10.7 Å². The van der Waals surface area contributed by atoms with Crippen LogP contribution in [0.5, 0.6) is 0 Å². The Morgan fingerprint density at radius 1 is 1.12 bits per heavy atom. The van der Waals surface area contributed by atoms with Crippen molar-refractivity contribution >= 4 is 10.7 Å². The molecule has 0 spiro atoms. The molecule has 16 heavy (non-hydrogen) atoms. The molecular formula is C10H9N3O2S. The third kappa shape index (κ3) is 2.60. The molecular weight excluding hydrogens is 226 g/mol. The molecule has 0 fully saturated rings. The van der Waals surface area contributed by atoms with Crippen LogP contribution in [-0.2, 0) is 16.5 Å². The maximum atomic E-state index is 10.5. The molecule has 0 bridgehead atoms. The van der Waals surface area contributed by atoms with Gasteiger partial charge >= 0.3 is 0 Å². The molecule has 82 valence electrons. The van der Waals surface area contributed by atoms with Gasteiger partial charge in [-0.05, 0) is 0 Å². The fraction of sp³-hybridized carbons (Fsp3) is 0.100. The molecule has 0 N–H and O–H groups in total. The first-order valence-corrected chi connectivity index (χ1v) is 5.98. The minimum absolute atomic E-state index is 0.178. The lowest BCUT2D eigenvalue weighted by Gasteiger charge is -2.00. The van der Waals surface area contributed by atoms with Gasteiger partial charge in [0.15, 0.2) is 5.82 Å². The lowest BCUT2D eigenvalue weighted by molar-refractivity contribution is 0.612. The maximum absolute atomic E-state index is 10.5. The van der Waals surface area contributed by atoms with Crippen molar-refractivity contribution < 1.29 is 8.42 Å². The Labute approximate surface area is 94.1 Å². The van der Waals surface area contributed by atoms with E-state index in [2.05, 4.69) is 15.2 Å². The van der Waals surface area contributed by atoms with Crippen molar-refractivity contribution in [3.05, 3.63) is 42.4 Å². The second-order valence-corrected chi connectivity index (χ2v) is 4.10. The van der Waals surface area contributed by atoms with Crippen molar-refractivity contribution in [3.63, 3.8) is 0 Å². The van der Waals surface area contributed by atoms with Gasteiger partial charge < -0.3 is 0 Å². The van der Waals surface area contributed by atoms with E-state index in [4.69, 9.17) is 0 Å². The Kier molecular flexibility index (Phi) is 3.21. The van der Waals surface area contributed by atoms with Crippen molar-refractivity contribution in [2.24, 2.45) is 0 Å². The molecule has 0 unspecified atom stereocenters. The maximum Gasteiger partial charge on any atom is 0.166 e. The first-order valence-electron chi connectivity index (χ1n) is 4.61. The van der Waals surface area contributed by atoms with Crippen molar-refractivity contribution in [2.75, 3.05) is 0 Å². The molecule has 1 aromatic carbocycles. The third-order valence-corrected chi connectivity index (χ3v) is 2.48. The fourth-order valence-electron chi connectivity index (χ4n) is 1.27. The highest BCUT2D eigenvalue weighted by Gasteiger charge is 2.03. The zero-order chi connectivity index (χ0) is 11.4. The molecule has 2 rings (SSSR count). The molecule has 0 aliphatic heterocycles. The van der Waals surface area contributed by atoms with E-state index in [0.29, 0.717) is 5.69 Å². The molecule has 5 nitrogen and oxygen atoms in total. The Hall–Kier alpha value is -1.82. The smallest absolute Gasteiger partial charge is 0.166 e. The number of hydrogen-bond acceptors (Lipinski definition) is 5. The zero-order valence-electron chi connectivity index (χ0n) is 8.28. The molecule has 1 heterocycles. The highest BCUT2D eigenvalue weighted by molar-refractivity contribution is 7.71. The number of nitrogens with zero attached hydrogens (tertiary/aromatic N) is 3. The summed E-state index contributed by atoms with van der Waals surface area (Å²) in [4.78, 5) is 4.13. The van der Waals surface area contributed by atoms with Crippen LogP contribution >= 0.6 is 0 Å². The number of thiol groups is 1. The first-order chi connectivity index (χ1) is 7.75. The van der Waals surface area contributed by atoms with Gasteiger partial charge in [0, 0.05) is 5.56 Å². The summed E-state index contributed by atoms with van der Waals surface area (Å²) in [5.74, 6) is 0.0423. The van der Waals surface area contributed by atoms with E-state index in [9.17, 15) is 8.42 Å². The first kappa shape index (κ1) is 10.7. The summed E-state index contributed by atoms with van der Waals surface area (Å²) in [5, 5.41) is 7.39. The molecule has 0 aliphatic rings. The topological polar surface area (TPSA) is 72.8 Å². The molecule has 1 aromatic heterocycles. The summed E-state index contributed by atoms with van der Waals surface area (Å²) in [6.45, 7) is 0. The third-order valence-electron chi connectivity index (χ3n) is 1.94. The highest BCUT2D eigenvalue weighted by Crippen LogP contribution is 2.14. The SMILES string of the molecule is O=[SH](=O)Cc1nncc(-c2ccccc2)n1. The lowest BCUT2D eigenvalue weighted by Crippen LogP contribution is -1.99. The highest BCUT2D eigenvalue weighted by atomic mass is 32.2. The second-order valence-electron chi connectivity index (χ2n) is 3.11. The van der Waals surface area contributed by atoms with Crippen LogP contribution in [0.2, 0.25) is 0 Å². The molecule has 0 aliphatic carbocycles. The average Bonchev–Trinajstić information content (AvgIpc) is 2.30. The molecule has 0 amide bonds. The van der Waals surface area contributed by atoms with Gasteiger partial charge in [0.05, 0.1) is 11.9 Å². The molecule has 6 heteroatoms. The second kappa shape index (κ2) is 4.80. The van der Waals surface area contributed by atoms with Crippen molar-refractivity contribution in [1.29, 1.82) is 0 Å². The van der Waals surface area contributed by atoms with E-state index in [1.165, 1.54) is 6.20 Å². The van der Waals surface area contributed by atoms with Gasteiger partial charge in [-0.2, -0.15) is 5.10 Å². The fourth-order valence-corrected chi connectivity index (χ4v) is 1.64. The van der Waals surface area contributed by atoms with Crippen LogP contribution in [0.1, 0.15) is 5.82 Å². The molecule has 0 radical (unpaired) electrons. The van der Waals surface area contributed by atoms with Gasteiger partial charge in [0.1, 0.15) is 16.5 Å². The Morgan fingerprint density at radius 3 is 2.56 bits per heavy atom. The van der Waals surface area contributed by atoms with Crippen molar-refractivity contribution in [3.8, 4) is 11.3 Å². The number of benzene rings is 1. The van der Waals surface area contributed by atoms with Gasteiger partial charge in [-0.1, -0.05) is 30.3 Å². The molecule has 0 saturated heterocycles. The van der Waals surface area contributed by atoms with Crippen LogP contribution in [-0.4, -0.2) is 23.6 Å². The molecule has 0 atom stereocenters. The van der Waals surface area contributed by atoms with Crippen LogP contribution in [0.15, 0.2) is 36.5 Å². The van der Waals surface area contributed by atoms with E-state index in [1.807, 2.05) is 30.3 Å². The summed E-state index contributed by atoms with van der Waals surface area (Å²) in [7, 11) is -2.52. The van der Waals surface area contributed by atoms with Crippen molar-refractivity contribution in [1.82, 2.24) is 15.2 Å². The van der Waals surface area contributed by atoms with E-state index >= 15 is 0 Å². The minimum Gasteiger partial charge on any atom is -0.231 e. The van der Waals surface area contributed by atoms with E-state index in [-0.39, 0.29) is 11.6 Å². The largest absolute Gasteiger partial charge is 0.231 e. The Morgan fingerprint density at radius 2 is 1.88 bits per heavy atom. The van der Waals surface area contributed by atoms with Crippen LogP contribution in [0.25, 0.3) is 11.3 Å². The molecule has 0 saturated carbocycles. The van der Waals surface area contributed by atoms with Gasteiger partial charge in [-0.3, -0.25) is 0 Å². The van der Waals surface area contributed by atoms with Crippen molar-refractivity contribution in [2.45, 2.75) is 5.75 Å². The minimum atomic E-state index is -2.52. The van der Waals surface area contributed by atoms with Crippen LogP contribution in [0, 0.1) is 0 Å². The van der Waals surface area contributed by atoms with E-state index in [1.54, 1.807) is 0 Å². The van der Waals surface area contributed by atoms with Gasteiger partial charge in [0.25, 0.3) is 0 Å². The summed E-state index contributed by atoms with van der Waals surface area (Å²) in [6.07, 6.45) is 1.51. The van der Waals surface area contributed by atoms with Gasteiger partial charge in [0.2, 0.25) is 0 Å². The normalized spacial score (nSPS) is 10.6. The summed E-state index contributed by atoms with van der Waals surface area (Å²) < 4.78 is 21.1. The summed E-state index contributed by atoms with van der Waals surface area (Å²) >= 11 is 0. The van der Waals surface area contributed by atoms with Crippen LogP contribution in [0.4, 0.5) is 0 Å². The van der Waals surface area contributed by atoms with Gasteiger partial charge in [-0.15, -0.1) is 5.10 Å². The summed E-state index contributed by atoms with van der Waals surface area (Å²) in [5.41, 5.74) is 1.52.